The molecule has 180 valence electrons. The largest absolute Gasteiger partial charge is 0.379 e. The van der Waals surface area contributed by atoms with Gasteiger partial charge in [-0.15, -0.1) is 0 Å². The summed E-state index contributed by atoms with van der Waals surface area (Å²) in [6, 6.07) is 11.1. The number of imidazole rings is 1. The van der Waals surface area contributed by atoms with E-state index >= 15 is 0 Å². The number of aromatic nitrogens is 4. The molecule has 1 amide bonds. The molecule has 10 nitrogen and oxygen atoms in total. The molecule has 0 atom stereocenters. The molecule has 4 heterocycles. The highest BCUT2D eigenvalue weighted by molar-refractivity contribution is 6.04. The van der Waals surface area contributed by atoms with Crippen LogP contribution in [0.4, 0.5) is 5.69 Å². The number of hydrogen-bond donors (Lipinski definition) is 1. The number of rotatable bonds is 8. The predicted octanol–water partition coefficient (Wildman–Crippen LogP) is 2.78. The number of ether oxygens (including phenoxy) is 1. The highest BCUT2D eigenvalue weighted by Crippen LogP contribution is 2.24. The van der Waals surface area contributed by atoms with Gasteiger partial charge in [-0.25, -0.2) is 4.98 Å². The molecule has 0 bridgehead atoms. The van der Waals surface area contributed by atoms with Gasteiger partial charge in [0.15, 0.2) is 0 Å². The summed E-state index contributed by atoms with van der Waals surface area (Å²) < 4.78 is 12.4. The molecule has 5 rings (SSSR count). The first kappa shape index (κ1) is 22.9. The number of hydrogen-bond acceptors (Lipinski definition) is 8. The van der Waals surface area contributed by atoms with E-state index < -0.39 is 0 Å². The van der Waals surface area contributed by atoms with Crippen LogP contribution in [0.2, 0.25) is 0 Å². The molecule has 0 spiro atoms. The molecule has 10 heteroatoms. The van der Waals surface area contributed by atoms with Gasteiger partial charge in [0.2, 0.25) is 11.7 Å². The number of fused-ring (bicyclic) bond motifs is 1. The number of amides is 1. The van der Waals surface area contributed by atoms with Gasteiger partial charge >= 0.3 is 0 Å². The Bertz CT molecular complexity index is 1360. The van der Waals surface area contributed by atoms with Crippen LogP contribution >= 0.6 is 0 Å². The van der Waals surface area contributed by atoms with Crippen molar-refractivity contribution in [1.82, 2.24) is 24.4 Å². The Balaban J connectivity index is 1.24. The summed E-state index contributed by atoms with van der Waals surface area (Å²) in [7, 11) is 0. The lowest BCUT2D eigenvalue weighted by molar-refractivity contribution is -0.121. The number of Topliss-reactive ketones (excluding diaryl/α,β-unsaturated/α-hetero) is 1. The fraction of sp³-hybridized carbons (Fsp3) is 0.320. The zero-order valence-corrected chi connectivity index (χ0v) is 19.4. The summed E-state index contributed by atoms with van der Waals surface area (Å²) in [5.74, 6) is 0.689. The Morgan fingerprint density at radius 1 is 1.14 bits per heavy atom. The number of morpholine rings is 1. The minimum atomic E-state index is -0.267. The van der Waals surface area contributed by atoms with Crippen molar-refractivity contribution < 1.29 is 18.8 Å². The van der Waals surface area contributed by atoms with E-state index in [-0.39, 0.29) is 11.7 Å². The van der Waals surface area contributed by atoms with Crippen LogP contribution in [0.1, 0.15) is 28.4 Å². The first-order valence-electron chi connectivity index (χ1n) is 11.6. The van der Waals surface area contributed by atoms with Crippen molar-refractivity contribution in [2.45, 2.75) is 19.8 Å². The monoisotopic (exact) mass is 474 g/mol. The van der Waals surface area contributed by atoms with E-state index in [9.17, 15) is 9.59 Å². The first-order chi connectivity index (χ1) is 17.1. The van der Waals surface area contributed by atoms with E-state index in [1.807, 2.05) is 43.3 Å². The summed E-state index contributed by atoms with van der Waals surface area (Å²) in [5.41, 5.74) is 3.39. The van der Waals surface area contributed by atoms with Crippen molar-refractivity contribution >= 4 is 23.0 Å². The van der Waals surface area contributed by atoms with Gasteiger partial charge in [0.1, 0.15) is 17.1 Å². The molecular formula is C25H26N6O4. The highest BCUT2D eigenvalue weighted by atomic mass is 16.5. The van der Waals surface area contributed by atoms with Crippen molar-refractivity contribution in [2.75, 3.05) is 38.2 Å². The van der Waals surface area contributed by atoms with E-state index in [1.54, 1.807) is 16.8 Å². The van der Waals surface area contributed by atoms with Crippen LogP contribution in [-0.2, 0) is 16.0 Å². The molecule has 1 aromatic carbocycles. The van der Waals surface area contributed by atoms with Crippen molar-refractivity contribution in [2.24, 2.45) is 0 Å². The second kappa shape index (κ2) is 10.2. The van der Waals surface area contributed by atoms with Crippen LogP contribution < -0.4 is 5.32 Å². The third-order valence-corrected chi connectivity index (χ3v) is 5.98. The van der Waals surface area contributed by atoms with E-state index in [0.29, 0.717) is 66.9 Å². The second-order valence-electron chi connectivity index (χ2n) is 8.50. The van der Waals surface area contributed by atoms with E-state index in [4.69, 9.17) is 9.26 Å². The molecule has 1 N–H and O–H groups in total. The summed E-state index contributed by atoms with van der Waals surface area (Å²) >= 11 is 0. The van der Waals surface area contributed by atoms with E-state index in [2.05, 4.69) is 25.3 Å². The van der Waals surface area contributed by atoms with Gasteiger partial charge < -0.3 is 14.6 Å². The van der Waals surface area contributed by atoms with Gasteiger partial charge in [-0.1, -0.05) is 23.4 Å². The Labute approximate surface area is 201 Å². The Morgan fingerprint density at radius 3 is 2.86 bits per heavy atom. The number of nitrogens with zero attached hydrogens (tertiary/aromatic N) is 5. The topological polar surface area (TPSA) is 115 Å². The highest BCUT2D eigenvalue weighted by Gasteiger charge is 2.17. The fourth-order valence-electron chi connectivity index (χ4n) is 3.99. The van der Waals surface area contributed by atoms with E-state index in [0.717, 1.165) is 18.7 Å². The van der Waals surface area contributed by atoms with Gasteiger partial charge in [0.05, 0.1) is 26.0 Å². The molecule has 0 aliphatic carbocycles. The third kappa shape index (κ3) is 5.28. The minimum absolute atomic E-state index is 0.138. The molecule has 3 aromatic heterocycles. The molecule has 1 fully saturated rings. The number of ketones is 1. The van der Waals surface area contributed by atoms with Crippen molar-refractivity contribution in [3.8, 4) is 11.4 Å². The average molecular weight is 475 g/mol. The fourth-order valence-corrected chi connectivity index (χ4v) is 3.99. The first-order valence-corrected chi connectivity index (χ1v) is 11.6. The molecular weight excluding hydrogens is 448 g/mol. The lowest BCUT2D eigenvalue weighted by Crippen LogP contribution is -2.39. The molecule has 0 unspecified atom stereocenters. The van der Waals surface area contributed by atoms with Gasteiger partial charge in [0.25, 0.3) is 5.91 Å². The number of carbonyl (C=O) groups is 2. The Hall–Kier alpha value is -3.89. The lowest BCUT2D eigenvalue weighted by Gasteiger charge is -2.25. The molecule has 0 saturated carbocycles. The third-order valence-electron chi connectivity index (χ3n) is 5.98. The summed E-state index contributed by atoms with van der Waals surface area (Å²) in [6.45, 7) is 5.21. The summed E-state index contributed by atoms with van der Waals surface area (Å²) in [5, 5.41) is 7.03. The Kier molecular flexibility index (Phi) is 6.64. The number of nitrogens with one attached hydrogen (secondary N) is 1. The van der Waals surface area contributed by atoms with Crippen LogP contribution in [-0.4, -0.2) is 69.0 Å². The second-order valence-corrected chi connectivity index (χ2v) is 8.50. The van der Waals surface area contributed by atoms with Crippen molar-refractivity contribution in [3.05, 3.63) is 65.9 Å². The van der Waals surface area contributed by atoms with Gasteiger partial charge in [-0.2, -0.15) is 4.98 Å². The molecule has 4 aromatic rings. The van der Waals surface area contributed by atoms with E-state index in [1.165, 1.54) is 0 Å². The summed E-state index contributed by atoms with van der Waals surface area (Å²) in [6.07, 6.45) is 4.08. The van der Waals surface area contributed by atoms with Crippen molar-refractivity contribution in [1.29, 1.82) is 0 Å². The van der Waals surface area contributed by atoms with Crippen LogP contribution in [0, 0.1) is 6.92 Å². The van der Waals surface area contributed by atoms with Crippen LogP contribution in [0.25, 0.3) is 17.0 Å². The Morgan fingerprint density at radius 2 is 2.00 bits per heavy atom. The molecule has 1 aliphatic heterocycles. The maximum atomic E-state index is 12.9. The number of benzene rings is 1. The number of aryl methyl sites for hydroxylation is 2. The smallest absolute Gasteiger partial charge is 0.274 e. The number of pyridine rings is 1. The maximum Gasteiger partial charge on any atom is 0.274 e. The number of anilines is 1. The minimum Gasteiger partial charge on any atom is -0.379 e. The number of carbonyl (C=O) groups excluding carboxylic acids is 2. The lowest BCUT2D eigenvalue weighted by atomic mass is 10.1. The SMILES string of the molecule is Cc1ccc(-c2noc(CCC(=O)CN3CCOCC3)n2)cc1NC(=O)c1cnc2ccccn12. The van der Waals surface area contributed by atoms with Gasteiger partial charge in [0, 0.05) is 43.4 Å². The molecule has 1 saturated heterocycles. The normalized spacial score (nSPS) is 14.3. The van der Waals surface area contributed by atoms with Crippen molar-refractivity contribution in [3.63, 3.8) is 0 Å². The molecule has 1 aliphatic rings. The zero-order chi connectivity index (χ0) is 24.2. The average Bonchev–Trinajstić information content (AvgIpc) is 3.52. The molecule has 0 radical (unpaired) electrons. The zero-order valence-electron chi connectivity index (χ0n) is 19.4. The quantitative estimate of drug-likeness (QED) is 0.415. The standard InChI is InChI=1S/C25H26N6O4/c1-17-5-6-18(14-20(17)27-25(33)21-15-26-22-4-2-3-9-31(21)22)24-28-23(35-29-24)8-7-19(32)16-30-10-12-34-13-11-30/h2-6,9,14-15H,7-8,10-13,16H2,1H3,(H,27,33). The summed E-state index contributed by atoms with van der Waals surface area (Å²) in [4.78, 5) is 36.0. The molecule has 35 heavy (non-hydrogen) atoms. The van der Waals surface area contributed by atoms with Crippen LogP contribution in [0.3, 0.4) is 0 Å². The van der Waals surface area contributed by atoms with Crippen LogP contribution in [0.15, 0.2) is 53.3 Å². The van der Waals surface area contributed by atoms with Gasteiger partial charge in [-0.3, -0.25) is 18.9 Å². The van der Waals surface area contributed by atoms with Crippen LogP contribution in [0.5, 0.6) is 0 Å². The van der Waals surface area contributed by atoms with Gasteiger partial charge in [-0.05, 0) is 30.7 Å². The predicted molar refractivity (Wildman–Crippen MR) is 128 cm³/mol. The maximum absolute atomic E-state index is 12.9.